The number of hydrogen-bond donors (Lipinski definition) is 1. The molecule has 0 aliphatic rings. The summed E-state index contributed by atoms with van der Waals surface area (Å²) in [6, 6.07) is 1.71. The minimum atomic E-state index is -2.86. The number of nitrogens with zero attached hydrogens (tertiary/aromatic N) is 2. The fourth-order valence-corrected chi connectivity index (χ4v) is 1.69. The second-order valence-electron chi connectivity index (χ2n) is 3.13. The summed E-state index contributed by atoms with van der Waals surface area (Å²) in [6.45, 7) is 0. The third-order valence-corrected chi connectivity index (χ3v) is 2.39. The van der Waals surface area contributed by atoms with Gasteiger partial charge in [-0.15, -0.1) is 11.6 Å². The van der Waals surface area contributed by atoms with Gasteiger partial charge in [-0.3, -0.25) is 9.78 Å². The van der Waals surface area contributed by atoms with Gasteiger partial charge in [0, 0.05) is 12.1 Å². The first-order valence-corrected chi connectivity index (χ1v) is 5.01. The Balaban J connectivity index is 3.44. The lowest BCUT2D eigenvalue weighted by Gasteiger charge is -2.11. The van der Waals surface area contributed by atoms with Crippen LogP contribution in [-0.4, -0.2) is 16.1 Å². The monoisotopic (exact) mass is 260 g/mol. The molecular weight excluding hydrogens is 254 g/mol. The molecule has 0 unspecified atom stereocenters. The van der Waals surface area contributed by atoms with Crippen LogP contribution in [0.1, 0.15) is 28.8 Å². The first-order chi connectivity index (χ1) is 8.01. The first-order valence-electron chi connectivity index (χ1n) is 4.47. The number of hydrogen-bond acceptors (Lipinski definition) is 3. The molecule has 0 aromatic carbocycles. The van der Waals surface area contributed by atoms with Crippen LogP contribution in [0.15, 0.2) is 6.20 Å². The largest absolute Gasteiger partial charge is 0.481 e. The van der Waals surface area contributed by atoms with Crippen molar-refractivity contribution in [1.29, 1.82) is 5.26 Å². The number of aromatic nitrogens is 1. The van der Waals surface area contributed by atoms with Crippen molar-refractivity contribution in [1.82, 2.24) is 4.98 Å². The summed E-state index contributed by atoms with van der Waals surface area (Å²) in [6.07, 6.45) is -2.45. The molecule has 7 heteroatoms. The molecule has 0 radical (unpaired) electrons. The maximum atomic E-state index is 12.6. The Kier molecular flexibility index (Phi) is 4.35. The molecule has 1 N–H and O–H groups in total. The van der Waals surface area contributed by atoms with Crippen LogP contribution in [0.4, 0.5) is 8.78 Å². The summed E-state index contributed by atoms with van der Waals surface area (Å²) < 4.78 is 25.2. The van der Waals surface area contributed by atoms with Crippen LogP contribution < -0.4 is 0 Å². The Morgan fingerprint density at radius 1 is 1.59 bits per heavy atom. The number of aliphatic carboxylic acids is 1. The molecule has 1 aromatic rings. The van der Waals surface area contributed by atoms with E-state index in [1.165, 1.54) is 0 Å². The molecule has 4 nitrogen and oxygen atoms in total. The van der Waals surface area contributed by atoms with Crippen molar-refractivity contribution in [2.75, 3.05) is 0 Å². The molecule has 0 saturated carbocycles. The quantitative estimate of drug-likeness (QED) is 0.843. The molecule has 0 spiro atoms. The van der Waals surface area contributed by atoms with Crippen molar-refractivity contribution >= 4 is 17.6 Å². The zero-order valence-corrected chi connectivity index (χ0v) is 9.21. The van der Waals surface area contributed by atoms with E-state index in [2.05, 4.69) is 4.98 Å². The fourth-order valence-electron chi connectivity index (χ4n) is 1.39. The predicted molar refractivity (Wildman–Crippen MR) is 54.8 cm³/mol. The van der Waals surface area contributed by atoms with E-state index in [0.717, 1.165) is 6.20 Å². The van der Waals surface area contributed by atoms with E-state index in [4.69, 9.17) is 22.0 Å². The molecular formula is C10H7ClF2N2O2. The van der Waals surface area contributed by atoms with Crippen LogP contribution in [0.3, 0.4) is 0 Å². The summed E-state index contributed by atoms with van der Waals surface area (Å²) in [5.74, 6) is -1.54. The van der Waals surface area contributed by atoms with Gasteiger partial charge in [-0.25, -0.2) is 8.78 Å². The number of alkyl halides is 3. The van der Waals surface area contributed by atoms with Gasteiger partial charge >= 0.3 is 5.97 Å². The molecule has 0 aliphatic carbocycles. The Labute approximate surface area is 100 Å². The summed E-state index contributed by atoms with van der Waals surface area (Å²) in [4.78, 5) is 14.1. The normalized spacial score (nSPS) is 10.3. The zero-order chi connectivity index (χ0) is 13.0. The summed E-state index contributed by atoms with van der Waals surface area (Å²) >= 11 is 5.52. The lowest BCUT2D eigenvalue weighted by atomic mass is 10.00. The van der Waals surface area contributed by atoms with Gasteiger partial charge in [-0.05, 0) is 11.1 Å². The van der Waals surface area contributed by atoms with Gasteiger partial charge in [0.05, 0.1) is 12.0 Å². The summed E-state index contributed by atoms with van der Waals surface area (Å²) in [5, 5.41) is 17.4. The SMILES string of the molecule is N#Cc1cnc(C(F)F)c(CCl)c1CC(=O)O. The molecule has 17 heavy (non-hydrogen) atoms. The minimum absolute atomic E-state index is 0.000278. The molecule has 0 fully saturated rings. The number of nitriles is 1. The van der Waals surface area contributed by atoms with E-state index < -0.39 is 24.5 Å². The first kappa shape index (κ1) is 13.3. The highest BCUT2D eigenvalue weighted by molar-refractivity contribution is 6.17. The molecule has 1 aromatic heterocycles. The van der Waals surface area contributed by atoms with Crippen molar-refractivity contribution < 1.29 is 18.7 Å². The van der Waals surface area contributed by atoms with Gasteiger partial charge in [0.1, 0.15) is 11.8 Å². The second kappa shape index (κ2) is 5.55. The van der Waals surface area contributed by atoms with E-state index in [1.807, 2.05) is 0 Å². The third kappa shape index (κ3) is 2.88. The van der Waals surface area contributed by atoms with Crippen LogP contribution in [0.5, 0.6) is 0 Å². The van der Waals surface area contributed by atoms with Crippen molar-refractivity contribution in [3.63, 3.8) is 0 Å². The maximum absolute atomic E-state index is 12.6. The van der Waals surface area contributed by atoms with Gasteiger partial charge in [-0.1, -0.05) is 0 Å². The third-order valence-electron chi connectivity index (χ3n) is 2.12. The highest BCUT2D eigenvalue weighted by Crippen LogP contribution is 2.27. The summed E-state index contributed by atoms with van der Waals surface area (Å²) in [7, 11) is 0. The number of rotatable bonds is 4. The molecule has 0 bridgehead atoms. The van der Waals surface area contributed by atoms with Gasteiger partial charge in [0.15, 0.2) is 0 Å². The number of carbonyl (C=O) groups is 1. The Bertz CT molecular complexity index is 486. The van der Waals surface area contributed by atoms with E-state index in [0.29, 0.717) is 0 Å². The number of halogens is 3. The van der Waals surface area contributed by atoms with E-state index >= 15 is 0 Å². The minimum Gasteiger partial charge on any atom is -0.481 e. The van der Waals surface area contributed by atoms with Crippen LogP contribution in [0, 0.1) is 11.3 Å². The van der Waals surface area contributed by atoms with E-state index in [-0.39, 0.29) is 22.6 Å². The van der Waals surface area contributed by atoms with Gasteiger partial charge in [0.25, 0.3) is 6.43 Å². The van der Waals surface area contributed by atoms with Crippen molar-refractivity contribution in [2.24, 2.45) is 0 Å². The van der Waals surface area contributed by atoms with Gasteiger partial charge < -0.3 is 5.11 Å². The molecule has 90 valence electrons. The van der Waals surface area contributed by atoms with Crippen LogP contribution in [0.25, 0.3) is 0 Å². The highest BCUT2D eigenvalue weighted by atomic mass is 35.5. The average molecular weight is 261 g/mol. The Morgan fingerprint density at radius 3 is 2.65 bits per heavy atom. The number of carboxylic acids is 1. The van der Waals surface area contributed by atoms with E-state index in [9.17, 15) is 13.6 Å². The molecule has 0 aliphatic heterocycles. The highest BCUT2D eigenvalue weighted by Gasteiger charge is 2.21. The lowest BCUT2D eigenvalue weighted by molar-refractivity contribution is -0.136. The van der Waals surface area contributed by atoms with Crippen molar-refractivity contribution in [3.8, 4) is 6.07 Å². The molecule has 0 amide bonds. The topological polar surface area (TPSA) is 74.0 Å². The molecule has 1 heterocycles. The van der Waals surface area contributed by atoms with Crippen molar-refractivity contribution in [3.05, 3.63) is 28.6 Å². The van der Waals surface area contributed by atoms with Crippen LogP contribution in [-0.2, 0) is 17.1 Å². The zero-order valence-electron chi connectivity index (χ0n) is 8.45. The second-order valence-corrected chi connectivity index (χ2v) is 3.40. The van der Waals surface area contributed by atoms with Gasteiger partial charge in [0.2, 0.25) is 0 Å². The fraction of sp³-hybridized carbons (Fsp3) is 0.300. The Morgan fingerprint density at radius 2 is 2.24 bits per heavy atom. The number of pyridine rings is 1. The van der Waals surface area contributed by atoms with Crippen LogP contribution >= 0.6 is 11.6 Å². The average Bonchev–Trinajstić information content (AvgIpc) is 2.27. The van der Waals surface area contributed by atoms with Crippen LogP contribution in [0.2, 0.25) is 0 Å². The maximum Gasteiger partial charge on any atom is 0.307 e. The Hall–Kier alpha value is -1.74. The molecule has 1 rings (SSSR count). The lowest BCUT2D eigenvalue weighted by Crippen LogP contribution is -2.10. The van der Waals surface area contributed by atoms with Crippen molar-refractivity contribution in [2.45, 2.75) is 18.7 Å². The smallest absolute Gasteiger partial charge is 0.307 e. The van der Waals surface area contributed by atoms with E-state index in [1.54, 1.807) is 6.07 Å². The predicted octanol–water partition coefficient (Wildman–Crippen LogP) is 2.26. The summed E-state index contributed by atoms with van der Waals surface area (Å²) in [5.41, 5.74) is -0.703. The molecule has 0 atom stereocenters. The van der Waals surface area contributed by atoms with Gasteiger partial charge in [-0.2, -0.15) is 5.26 Å². The molecule has 0 saturated heterocycles. The standard InChI is InChI=1S/C10H7ClF2N2O2/c11-2-7-6(1-8(16)17)5(3-14)4-15-9(7)10(12)13/h4,10H,1-2H2,(H,16,17). The number of carboxylic acid groups (broad SMARTS) is 1.